The summed E-state index contributed by atoms with van der Waals surface area (Å²) in [6.45, 7) is 6.27. The molecule has 0 spiro atoms. The Kier molecular flexibility index (Phi) is 6.08. The monoisotopic (exact) mass is 329 g/mol. The van der Waals surface area contributed by atoms with E-state index in [-0.39, 0.29) is 0 Å². The third-order valence-corrected chi connectivity index (χ3v) is 3.50. The quantitative estimate of drug-likeness (QED) is 0.266. The number of para-hydroxylation sites is 1. The van der Waals surface area contributed by atoms with Gasteiger partial charge in [-0.2, -0.15) is 0 Å². The van der Waals surface area contributed by atoms with Gasteiger partial charge < -0.3 is 10.2 Å². The number of ether oxygens (including phenoxy) is 1. The zero-order chi connectivity index (χ0) is 17.5. The van der Waals surface area contributed by atoms with Crippen LogP contribution < -0.4 is 16.0 Å². The van der Waals surface area contributed by atoms with Crippen molar-refractivity contribution in [3.63, 3.8) is 0 Å². The third-order valence-electron chi connectivity index (χ3n) is 3.50. The number of hydrogen-bond acceptors (Lipinski definition) is 5. The lowest BCUT2D eigenvalue weighted by Crippen LogP contribution is -2.32. The van der Waals surface area contributed by atoms with Crippen molar-refractivity contribution in [1.29, 1.82) is 0 Å². The fourth-order valence-corrected chi connectivity index (χ4v) is 2.43. The van der Waals surface area contributed by atoms with Crippen molar-refractivity contribution in [2.24, 2.45) is 10.9 Å². The minimum atomic E-state index is 0.400. The van der Waals surface area contributed by atoms with Gasteiger partial charge in [0.15, 0.2) is 12.1 Å². The van der Waals surface area contributed by atoms with Gasteiger partial charge >= 0.3 is 0 Å². The molecular formula is C17H23N5O2. The summed E-state index contributed by atoms with van der Waals surface area (Å²) in [6, 6.07) is 7.45. The maximum absolute atomic E-state index is 11.4. The number of nitrogens with zero attached hydrogens (tertiary/aromatic N) is 3. The molecule has 2 rings (SSSR count). The van der Waals surface area contributed by atoms with Gasteiger partial charge in [0.05, 0.1) is 17.9 Å². The van der Waals surface area contributed by atoms with Crippen LogP contribution in [0.15, 0.2) is 29.4 Å². The molecule has 0 amide bonds. The minimum Gasteiger partial charge on any atom is -0.493 e. The topological polar surface area (TPSA) is 94.5 Å². The number of imidazole rings is 1. The predicted molar refractivity (Wildman–Crippen MR) is 93.2 cm³/mol. The molecule has 7 heteroatoms. The largest absolute Gasteiger partial charge is 0.493 e. The highest BCUT2D eigenvalue weighted by molar-refractivity contribution is 6.00. The Morgan fingerprint density at radius 2 is 2.17 bits per heavy atom. The summed E-state index contributed by atoms with van der Waals surface area (Å²) in [5.41, 5.74) is 4.38. The number of amidine groups is 1. The van der Waals surface area contributed by atoms with Crippen LogP contribution in [0.3, 0.4) is 0 Å². The molecule has 0 radical (unpaired) electrons. The molecule has 3 N–H and O–H groups in total. The van der Waals surface area contributed by atoms with E-state index < -0.39 is 0 Å². The highest BCUT2D eigenvalue weighted by Gasteiger charge is 2.16. The molecule has 128 valence electrons. The molecule has 0 saturated heterocycles. The Hall–Kier alpha value is -2.67. The van der Waals surface area contributed by atoms with Gasteiger partial charge in [-0.05, 0) is 32.4 Å². The van der Waals surface area contributed by atoms with Crippen molar-refractivity contribution < 1.29 is 9.53 Å². The Morgan fingerprint density at radius 1 is 1.42 bits per heavy atom. The summed E-state index contributed by atoms with van der Waals surface area (Å²) in [7, 11) is 0. The molecule has 1 aromatic heterocycles. The van der Waals surface area contributed by atoms with Gasteiger partial charge in [0.2, 0.25) is 0 Å². The summed E-state index contributed by atoms with van der Waals surface area (Å²) in [5, 5.41) is 4.52. The number of nitrogens with two attached hydrogens (primary N) is 1. The Bertz CT molecular complexity index is 737. The van der Waals surface area contributed by atoms with Gasteiger partial charge in [0, 0.05) is 6.42 Å². The van der Waals surface area contributed by atoms with Crippen molar-refractivity contribution >= 4 is 12.1 Å². The zero-order valence-electron chi connectivity index (χ0n) is 14.2. The van der Waals surface area contributed by atoms with E-state index in [0.29, 0.717) is 41.6 Å². The Balaban J connectivity index is 2.58. The van der Waals surface area contributed by atoms with E-state index >= 15 is 0 Å². The first kappa shape index (κ1) is 17.7. The fraction of sp³-hybridized carbons (Fsp3) is 0.353. The maximum atomic E-state index is 11.4. The number of carbonyl (C=O) groups excluding carboxylic acids is 1. The van der Waals surface area contributed by atoms with Crippen LogP contribution in [0.2, 0.25) is 0 Å². The van der Waals surface area contributed by atoms with Gasteiger partial charge in [-0.25, -0.2) is 15.5 Å². The number of hydrazine groups is 1. The van der Waals surface area contributed by atoms with Gasteiger partial charge in [0.1, 0.15) is 17.3 Å². The first-order valence-electron chi connectivity index (χ1n) is 7.97. The molecule has 0 aliphatic heterocycles. The first-order valence-corrected chi connectivity index (χ1v) is 7.97. The van der Waals surface area contributed by atoms with E-state index in [1.54, 1.807) is 11.6 Å². The van der Waals surface area contributed by atoms with Crippen molar-refractivity contribution in [2.45, 2.75) is 33.6 Å². The number of aldehydes is 1. The van der Waals surface area contributed by atoms with Gasteiger partial charge in [0.25, 0.3) is 0 Å². The van der Waals surface area contributed by atoms with Gasteiger partial charge in [-0.15, -0.1) is 5.10 Å². The van der Waals surface area contributed by atoms with E-state index in [1.807, 2.05) is 38.1 Å². The van der Waals surface area contributed by atoms with Crippen molar-refractivity contribution in [2.75, 3.05) is 6.61 Å². The van der Waals surface area contributed by atoms with E-state index in [2.05, 4.69) is 15.5 Å². The summed E-state index contributed by atoms with van der Waals surface area (Å²) in [6.07, 6.45) is 2.36. The zero-order valence-corrected chi connectivity index (χ0v) is 14.2. The molecule has 24 heavy (non-hydrogen) atoms. The average Bonchev–Trinajstić information content (AvgIpc) is 2.88. The predicted octanol–water partition coefficient (Wildman–Crippen LogP) is 2.03. The molecule has 1 aromatic carbocycles. The van der Waals surface area contributed by atoms with Crippen LogP contribution in [0.4, 0.5) is 0 Å². The summed E-state index contributed by atoms with van der Waals surface area (Å²) in [5.74, 6) is 7.47. The van der Waals surface area contributed by atoms with E-state index in [4.69, 9.17) is 10.6 Å². The molecule has 0 unspecified atom stereocenters. The van der Waals surface area contributed by atoms with Gasteiger partial charge in [-0.1, -0.05) is 19.1 Å². The lowest BCUT2D eigenvalue weighted by Gasteiger charge is -2.12. The van der Waals surface area contributed by atoms with Crippen molar-refractivity contribution in [3.8, 4) is 5.75 Å². The molecule has 0 bridgehead atoms. The summed E-state index contributed by atoms with van der Waals surface area (Å²) in [4.78, 5) is 15.9. The normalized spacial score (nSPS) is 11.4. The second kappa shape index (κ2) is 8.26. The second-order valence-electron chi connectivity index (χ2n) is 5.20. The minimum absolute atomic E-state index is 0.400. The summed E-state index contributed by atoms with van der Waals surface area (Å²) >= 11 is 0. The maximum Gasteiger partial charge on any atom is 0.172 e. The molecule has 0 aliphatic carbocycles. The van der Waals surface area contributed by atoms with Crippen LogP contribution >= 0.6 is 0 Å². The first-order chi connectivity index (χ1) is 11.7. The Morgan fingerprint density at radius 3 is 2.79 bits per heavy atom. The molecule has 2 aromatic rings. The molecule has 7 nitrogen and oxygen atoms in total. The molecule has 1 heterocycles. The number of hydrogen-bond donors (Lipinski definition) is 2. The lowest BCUT2D eigenvalue weighted by atomic mass is 10.2. The number of aryl methyl sites for hydroxylation is 2. The van der Waals surface area contributed by atoms with Gasteiger partial charge in [-0.3, -0.25) is 4.79 Å². The number of aromatic nitrogens is 2. The lowest BCUT2D eigenvalue weighted by molar-refractivity contribution is 0.111. The smallest absolute Gasteiger partial charge is 0.172 e. The van der Waals surface area contributed by atoms with E-state index in [1.165, 1.54) is 0 Å². The van der Waals surface area contributed by atoms with Crippen LogP contribution in [0.5, 0.6) is 5.75 Å². The average molecular weight is 329 g/mol. The molecule has 0 saturated carbocycles. The molecule has 0 aliphatic rings. The molecule has 0 fully saturated rings. The van der Waals surface area contributed by atoms with Crippen LogP contribution in [0.25, 0.3) is 0 Å². The highest BCUT2D eigenvalue weighted by Crippen LogP contribution is 2.19. The standard InChI is InChI=1S/C17H23N5O2/c1-4-8-16-19-12(3)14(11-23)22(16)21-17(20-18)13-9-6-7-10-15(13)24-5-2/h6-7,9-11H,4-5,8,18H2,1-3H3,(H,20,21). The number of nitrogens with one attached hydrogen (secondary N) is 1. The third kappa shape index (κ3) is 3.62. The second-order valence-corrected chi connectivity index (χ2v) is 5.20. The van der Waals surface area contributed by atoms with Crippen LogP contribution in [0.1, 0.15) is 47.8 Å². The Labute approximate surface area is 141 Å². The SMILES string of the molecule is CCCc1nc(C)c(C=O)n1/N=C(\NN)c1ccccc1OCC. The van der Waals surface area contributed by atoms with Crippen molar-refractivity contribution in [1.82, 2.24) is 15.1 Å². The number of carbonyl (C=O) groups is 1. The van der Waals surface area contributed by atoms with Crippen LogP contribution in [-0.2, 0) is 6.42 Å². The van der Waals surface area contributed by atoms with Crippen molar-refractivity contribution in [3.05, 3.63) is 47.0 Å². The van der Waals surface area contributed by atoms with E-state index in [0.717, 1.165) is 18.5 Å². The number of benzene rings is 1. The number of rotatable bonds is 7. The van der Waals surface area contributed by atoms with E-state index in [9.17, 15) is 4.79 Å². The molecule has 0 atom stereocenters. The highest BCUT2D eigenvalue weighted by atomic mass is 16.5. The summed E-state index contributed by atoms with van der Waals surface area (Å²) < 4.78 is 7.17. The fourth-order valence-electron chi connectivity index (χ4n) is 2.43. The van der Waals surface area contributed by atoms with Crippen LogP contribution in [0, 0.1) is 6.92 Å². The van der Waals surface area contributed by atoms with Crippen LogP contribution in [-0.4, -0.2) is 28.4 Å². The molecular weight excluding hydrogens is 306 g/mol.